The van der Waals surface area contributed by atoms with E-state index in [1.54, 1.807) is 14.2 Å². The molecule has 122 valence electrons. The third-order valence-electron chi connectivity index (χ3n) is 3.17. The summed E-state index contributed by atoms with van der Waals surface area (Å²) in [7, 11) is 3.24. The Morgan fingerprint density at radius 3 is 1.21 bits per heavy atom. The highest BCUT2D eigenvalue weighted by Gasteiger charge is 2.03. The summed E-state index contributed by atoms with van der Waals surface area (Å²) in [6, 6.07) is 14.8. The first kappa shape index (κ1) is 15.5. The molecule has 1 aromatic heterocycles. The quantitative estimate of drug-likeness (QED) is 0.715. The Kier molecular flexibility index (Phi) is 4.66. The van der Waals surface area contributed by atoms with Crippen molar-refractivity contribution in [1.29, 1.82) is 0 Å². The average molecular weight is 324 g/mol. The van der Waals surface area contributed by atoms with E-state index < -0.39 is 0 Å². The molecule has 0 saturated heterocycles. The minimum atomic E-state index is 0.306. The van der Waals surface area contributed by atoms with Crippen molar-refractivity contribution in [3.63, 3.8) is 0 Å². The largest absolute Gasteiger partial charge is 0.497 e. The molecule has 0 saturated carbocycles. The Hall–Kier alpha value is -3.42. The lowest BCUT2D eigenvalue weighted by Crippen LogP contribution is -2.05. The van der Waals surface area contributed by atoms with Crippen LogP contribution in [-0.4, -0.2) is 34.6 Å². The maximum Gasteiger partial charge on any atom is 0.266 e. The summed E-state index contributed by atoms with van der Waals surface area (Å²) in [6.45, 7) is 0. The number of aromatic nitrogens is 4. The first-order valence-corrected chi connectivity index (χ1v) is 7.16. The van der Waals surface area contributed by atoms with Crippen LogP contribution in [0.3, 0.4) is 0 Å². The Balaban J connectivity index is 1.63. The Morgan fingerprint density at radius 2 is 0.917 bits per heavy atom. The number of methoxy groups -OCH3 is 2. The van der Waals surface area contributed by atoms with E-state index in [-0.39, 0.29) is 0 Å². The number of nitrogens with zero attached hydrogens (tertiary/aromatic N) is 4. The van der Waals surface area contributed by atoms with Gasteiger partial charge in [0.25, 0.3) is 11.9 Å². The van der Waals surface area contributed by atoms with Crippen LogP contribution in [0, 0.1) is 0 Å². The second kappa shape index (κ2) is 7.23. The topological polar surface area (TPSA) is 94.1 Å². The fourth-order valence-electron chi connectivity index (χ4n) is 1.94. The number of anilines is 4. The SMILES string of the molecule is COc1ccc(Nc2nnc(Nc3ccc(OC)cc3)nn2)cc1. The van der Waals surface area contributed by atoms with Gasteiger partial charge in [0.1, 0.15) is 11.5 Å². The Labute approximate surface area is 138 Å². The molecule has 0 fully saturated rings. The van der Waals surface area contributed by atoms with Gasteiger partial charge in [0.2, 0.25) is 0 Å². The highest BCUT2D eigenvalue weighted by Crippen LogP contribution is 2.19. The number of nitrogens with one attached hydrogen (secondary N) is 2. The van der Waals surface area contributed by atoms with Gasteiger partial charge in [0.05, 0.1) is 14.2 Å². The van der Waals surface area contributed by atoms with Gasteiger partial charge in [0, 0.05) is 11.4 Å². The van der Waals surface area contributed by atoms with E-state index in [2.05, 4.69) is 31.0 Å². The molecule has 0 aliphatic rings. The normalized spacial score (nSPS) is 10.1. The molecule has 0 aliphatic heterocycles. The summed E-state index contributed by atoms with van der Waals surface area (Å²) >= 11 is 0. The van der Waals surface area contributed by atoms with Crippen molar-refractivity contribution >= 4 is 23.3 Å². The third kappa shape index (κ3) is 3.86. The summed E-state index contributed by atoms with van der Waals surface area (Å²) < 4.78 is 10.2. The molecule has 0 amide bonds. The van der Waals surface area contributed by atoms with E-state index >= 15 is 0 Å². The Bertz CT molecular complexity index is 707. The van der Waals surface area contributed by atoms with Gasteiger partial charge in [-0.2, -0.15) is 0 Å². The number of hydrogen-bond acceptors (Lipinski definition) is 8. The van der Waals surface area contributed by atoms with Gasteiger partial charge < -0.3 is 20.1 Å². The summed E-state index contributed by atoms with van der Waals surface area (Å²) in [4.78, 5) is 0. The number of ether oxygens (including phenoxy) is 2. The van der Waals surface area contributed by atoms with Crippen molar-refractivity contribution in [1.82, 2.24) is 20.4 Å². The van der Waals surface area contributed by atoms with Crippen LogP contribution < -0.4 is 20.1 Å². The average Bonchev–Trinajstić information content (AvgIpc) is 2.65. The van der Waals surface area contributed by atoms with Crippen LogP contribution in [0.1, 0.15) is 0 Å². The molecule has 3 aromatic rings. The lowest BCUT2D eigenvalue weighted by atomic mass is 10.3. The smallest absolute Gasteiger partial charge is 0.266 e. The van der Waals surface area contributed by atoms with Gasteiger partial charge in [-0.1, -0.05) is 0 Å². The van der Waals surface area contributed by atoms with Gasteiger partial charge in [-0.25, -0.2) is 0 Å². The molecule has 1 heterocycles. The molecular formula is C16H16N6O2. The summed E-state index contributed by atoms with van der Waals surface area (Å²) in [6.07, 6.45) is 0. The number of rotatable bonds is 6. The van der Waals surface area contributed by atoms with E-state index in [4.69, 9.17) is 9.47 Å². The monoisotopic (exact) mass is 324 g/mol. The van der Waals surface area contributed by atoms with Gasteiger partial charge >= 0.3 is 0 Å². The van der Waals surface area contributed by atoms with E-state index in [9.17, 15) is 0 Å². The minimum Gasteiger partial charge on any atom is -0.497 e. The summed E-state index contributed by atoms with van der Waals surface area (Å²) in [5.41, 5.74) is 1.63. The van der Waals surface area contributed by atoms with Crippen molar-refractivity contribution in [3.05, 3.63) is 48.5 Å². The van der Waals surface area contributed by atoms with Gasteiger partial charge in [0.15, 0.2) is 0 Å². The second-order valence-electron chi connectivity index (χ2n) is 4.75. The third-order valence-corrected chi connectivity index (χ3v) is 3.17. The highest BCUT2D eigenvalue weighted by molar-refractivity contribution is 5.56. The van der Waals surface area contributed by atoms with Crippen LogP contribution in [0.4, 0.5) is 23.3 Å². The molecule has 8 heteroatoms. The summed E-state index contributed by atoms with van der Waals surface area (Å²) in [5, 5.41) is 22.0. The van der Waals surface area contributed by atoms with Gasteiger partial charge in [-0.05, 0) is 48.5 Å². The van der Waals surface area contributed by atoms with Gasteiger partial charge in [-0.15, -0.1) is 20.4 Å². The zero-order valence-electron chi connectivity index (χ0n) is 13.2. The molecule has 24 heavy (non-hydrogen) atoms. The maximum absolute atomic E-state index is 5.11. The van der Waals surface area contributed by atoms with E-state index in [1.165, 1.54) is 0 Å². The van der Waals surface area contributed by atoms with E-state index in [0.717, 1.165) is 22.9 Å². The predicted octanol–water partition coefficient (Wildman–Crippen LogP) is 2.77. The molecule has 3 rings (SSSR count). The van der Waals surface area contributed by atoms with E-state index in [0.29, 0.717) is 11.9 Å². The zero-order chi connectivity index (χ0) is 16.8. The van der Waals surface area contributed by atoms with Crippen LogP contribution in [-0.2, 0) is 0 Å². The number of benzene rings is 2. The molecule has 2 aromatic carbocycles. The van der Waals surface area contributed by atoms with Crippen LogP contribution in [0.15, 0.2) is 48.5 Å². The molecule has 0 spiro atoms. The molecule has 0 atom stereocenters. The minimum absolute atomic E-state index is 0.306. The molecule has 0 unspecified atom stereocenters. The molecule has 8 nitrogen and oxygen atoms in total. The molecule has 0 radical (unpaired) electrons. The van der Waals surface area contributed by atoms with Crippen LogP contribution in [0.25, 0.3) is 0 Å². The van der Waals surface area contributed by atoms with Crippen molar-refractivity contribution in [2.45, 2.75) is 0 Å². The lowest BCUT2D eigenvalue weighted by molar-refractivity contribution is 0.415. The van der Waals surface area contributed by atoms with Crippen molar-refractivity contribution < 1.29 is 9.47 Å². The molecular weight excluding hydrogens is 308 g/mol. The lowest BCUT2D eigenvalue weighted by Gasteiger charge is -2.06. The van der Waals surface area contributed by atoms with Crippen molar-refractivity contribution in [2.24, 2.45) is 0 Å². The van der Waals surface area contributed by atoms with Crippen LogP contribution in [0.2, 0.25) is 0 Å². The van der Waals surface area contributed by atoms with Crippen molar-refractivity contribution in [2.75, 3.05) is 24.9 Å². The fourth-order valence-corrected chi connectivity index (χ4v) is 1.94. The first-order chi connectivity index (χ1) is 11.8. The van der Waals surface area contributed by atoms with E-state index in [1.807, 2.05) is 48.5 Å². The zero-order valence-corrected chi connectivity index (χ0v) is 13.2. The number of hydrogen-bond donors (Lipinski definition) is 2. The fraction of sp³-hybridized carbons (Fsp3) is 0.125. The van der Waals surface area contributed by atoms with Crippen LogP contribution in [0.5, 0.6) is 11.5 Å². The van der Waals surface area contributed by atoms with Crippen LogP contribution >= 0.6 is 0 Å². The molecule has 0 aliphatic carbocycles. The summed E-state index contributed by atoms with van der Waals surface area (Å²) in [5.74, 6) is 2.16. The standard InChI is InChI=1S/C16H16N6O2/c1-23-13-7-3-11(4-8-13)17-15-19-21-16(22-20-15)18-12-5-9-14(24-2)10-6-12/h3-10H,1-2H3,(H,17,19,20)(H,18,21,22). The van der Waals surface area contributed by atoms with Gasteiger partial charge in [-0.3, -0.25) is 0 Å². The first-order valence-electron chi connectivity index (χ1n) is 7.16. The highest BCUT2D eigenvalue weighted by atomic mass is 16.5. The molecule has 0 bridgehead atoms. The maximum atomic E-state index is 5.11. The second-order valence-corrected chi connectivity index (χ2v) is 4.75. The van der Waals surface area contributed by atoms with Crippen molar-refractivity contribution in [3.8, 4) is 11.5 Å². The predicted molar refractivity (Wildman–Crippen MR) is 90.2 cm³/mol. The Morgan fingerprint density at radius 1 is 0.583 bits per heavy atom. The molecule has 2 N–H and O–H groups in total.